The number of hydrogen-bond donors (Lipinski definition) is 1. The van der Waals surface area contributed by atoms with Crippen molar-refractivity contribution in [2.24, 2.45) is 5.41 Å². The summed E-state index contributed by atoms with van der Waals surface area (Å²) in [4.78, 5) is 24.4. The Balaban J connectivity index is 1.67. The Morgan fingerprint density at radius 2 is 1.78 bits per heavy atom. The maximum Gasteiger partial charge on any atom is 0.276 e. The van der Waals surface area contributed by atoms with Gasteiger partial charge in [-0.25, -0.2) is 0 Å². The molecule has 0 bridgehead atoms. The maximum absolute atomic E-state index is 13.3. The molecule has 1 heterocycles. The van der Waals surface area contributed by atoms with Gasteiger partial charge < -0.3 is 5.32 Å². The number of carbonyl (C=O) groups excluding carboxylic acids is 1. The zero-order valence-electron chi connectivity index (χ0n) is 18.1. The lowest BCUT2D eigenvalue weighted by Gasteiger charge is -2.39. The van der Waals surface area contributed by atoms with Crippen LogP contribution in [0.15, 0.2) is 72.3 Å². The van der Waals surface area contributed by atoms with E-state index in [1.54, 1.807) is 24.3 Å². The number of rotatable bonds is 3. The molecule has 1 atom stereocenters. The average Bonchev–Trinajstić information content (AvgIpc) is 2.76. The molecular weight excluding hydrogens is 400 g/mol. The van der Waals surface area contributed by atoms with Crippen molar-refractivity contribution in [3.05, 3.63) is 93.6 Å². The SMILES string of the molecule is CC1(C)CC(=O)C2=C(C1)c1c(ccc3ccccc13)N[C@@H]2/C=C\c1ccccc1[N+](=O)[O-]. The standard InChI is InChI=1S/C27H24N2O3/c1-27(2)15-20-25-19-9-5-3-7-17(19)11-13-21(25)28-22(26(20)24(30)16-27)14-12-18-8-4-6-10-23(18)29(31)32/h3-14,22,28H,15-16H2,1-2H3/b14-12-/t22-/m1/s1. The molecule has 32 heavy (non-hydrogen) atoms. The Kier molecular flexibility index (Phi) is 4.70. The molecule has 5 rings (SSSR count). The summed E-state index contributed by atoms with van der Waals surface area (Å²) < 4.78 is 0. The predicted molar refractivity (Wildman–Crippen MR) is 128 cm³/mol. The summed E-state index contributed by atoms with van der Waals surface area (Å²) in [6.07, 6.45) is 4.93. The first kappa shape index (κ1) is 20.2. The highest BCUT2D eigenvalue weighted by Crippen LogP contribution is 2.49. The van der Waals surface area contributed by atoms with E-state index in [0.29, 0.717) is 12.0 Å². The van der Waals surface area contributed by atoms with Crippen LogP contribution in [0.1, 0.15) is 37.8 Å². The molecule has 0 saturated carbocycles. The maximum atomic E-state index is 13.3. The number of ketones is 1. The van der Waals surface area contributed by atoms with Gasteiger partial charge in [-0.3, -0.25) is 14.9 Å². The fraction of sp³-hybridized carbons (Fsp3) is 0.222. The first-order valence-electron chi connectivity index (χ1n) is 10.8. The van der Waals surface area contributed by atoms with Gasteiger partial charge in [-0.15, -0.1) is 0 Å². The van der Waals surface area contributed by atoms with E-state index in [4.69, 9.17) is 0 Å². The predicted octanol–water partition coefficient (Wildman–Crippen LogP) is 6.40. The van der Waals surface area contributed by atoms with Gasteiger partial charge in [0.1, 0.15) is 0 Å². The van der Waals surface area contributed by atoms with E-state index in [1.807, 2.05) is 18.2 Å². The largest absolute Gasteiger partial charge is 0.374 e. The Hall–Kier alpha value is -3.73. The Morgan fingerprint density at radius 3 is 2.59 bits per heavy atom. The Morgan fingerprint density at radius 1 is 1.03 bits per heavy atom. The number of nitro groups is 1. The van der Waals surface area contributed by atoms with E-state index < -0.39 is 0 Å². The summed E-state index contributed by atoms with van der Waals surface area (Å²) in [7, 11) is 0. The number of nitro benzene ring substituents is 1. The average molecular weight is 425 g/mol. The minimum absolute atomic E-state index is 0.0521. The molecule has 5 nitrogen and oxygen atoms in total. The Labute approximate surface area is 186 Å². The number of benzene rings is 3. The third-order valence-electron chi connectivity index (χ3n) is 6.37. The van der Waals surface area contributed by atoms with Crippen molar-refractivity contribution in [3.8, 4) is 0 Å². The number of fused-ring (bicyclic) bond motifs is 4. The van der Waals surface area contributed by atoms with Crippen LogP contribution in [0.2, 0.25) is 0 Å². The Bertz CT molecular complexity index is 1330. The molecule has 0 saturated heterocycles. The first-order valence-corrected chi connectivity index (χ1v) is 10.8. The molecule has 0 spiro atoms. The van der Waals surface area contributed by atoms with Gasteiger partial charge in [0.2, 0.25) is 0 Å². The van der Waals surface area contributed by atoms with E-state index in [2.05, 4.69) is 43.4 Å². The minimum Gasteiger partial charge on any atom is -0.374 e. The smallest absolute Gasteiger partial charge is 0.276 e. The number of carbonyl (C=O) groups is 1. The third-order valence-corrected chi connectivity index (χ3v) is 6.37. The quantitative estimate of drug-likeness (QED) is 0.390. The van der Waals surface area contributed by atoms with Crippen LogP contribution in [0.3, 0.4) is 0 Å². The number of para-hydroxylation sites is 1. The highest BCUT2D eigenvalue weighted by atomic mass is 16.6. The molecule has 1 aliphatic heterocycles. The van der Waals surface area contributed by atoms with Crippen LogP contribution >= 0.6 is 0 Å². The third kappa shape index (κ3) is 3.40. The molecule has 0 radical (unpaired) electrons. The zero-order chi connectivity index (χ0) is 22.5. The van der Waals surface area contributed by atoms with Crippen LogP contribution < -0.4 is 5.32 Å². The van der Waals surface area contributed by atoms with Crippen molar-refractivity contribution in [3.63, 3.8) is 0 Å². The van der Waals surface area contributed by atoms with Gasteiger partial charge >= 0.3 is 0 Å². The lowest BCUT2D eigenvalue weighted by Crippen LogP contribution is -2.36. The van der Waals surface area contributed by atoms with Crippen molar-refractivity contribution in [2.75, 3.05) is 5.32 Å². The van der Waals surface area contributed by atoms with Gasteiger partial charge in [0.05, 0.1) is 16.5 Å². The van der Waals surface area contributed by atoms with Gasteiger partial charge in [-0.05, 0) is 46.4 Å². The normalized spacial score (nSPS) is 19.6. The molecule has 0 aromatic heterocycles. The van der Waals surface area contributed by atoms with Crippen LogP contribution in [0.5, 0.6) is 0 Å². The lowest BCUT2D eigenvalue weighted by molar-refractivity contribution is -0.385. The van der Waals surface area contributed by atoms with Crippen molar-refractivity contribution in [2.45, 2.75) is 32.7 Å². The van der Waals surface area contributed by atoms with Crippen LogP contribution in [0.25, 0.3) is 22.4 Å². The van der Waals surface area contributed by atoms with Crippen LogP contribution in [0.4, 0.5) is 11.4 Å². The summed E-state index contributed by atoms with van der Waals surface area (Å²) in [6, 6.07) is 18.7. The van der Waals surface area contributed by atoms with E-state index in [9.17, 15) is 14.9 Å². The van der Waals surface area contributed by atoms with Crippen molar-refractivity contribution in [1.29, 1.82) is 0 Å². The summed E-state index contributed by atoms with van der Waals surface area (Å²) in [5.74, 6) is 0.138. The van der Waals surface area contributed by atoms with E-state index in [1.165, 1.54) is 6.07 Å². The number of nitrogens with zero attached hydrogens (tertiary/aromatic N) is 1. The molecule has 0 amide bonds. The van der Waals surface area contributed by atoms with Gasteiger partial charge in [-0.1, -0.05) is 62.4 Å². The van der Waals surface area contributed by atoms with Gasteiger partial charge in [-0.2, -0.15) is 0 Å². The van der Waals surface area contributed by atoms with Gasteiger partial charge in [0, 0.05) is 29.3 Å². The topological polar surface area (TPSA) is 72.2 Å². The lowest BCUT2D eigenvalue weighted by atomic mass is 9.68. The molecule has 1 N–H and O–H groups in total. The minimum atomic E-state index is -0.381. The number of anilines is 1. The zero-order valence-corrected chi connectivity index (χ0v) is 18.1. The van der Waals surface area contributed by atoms with Gasteiger partial charge in [0.15, 0.2) is 5.78 Å². The van der Waals surface area contributed by atoms with E-state index in [0.717, 1.165) is 39.6 Å². The molecule has 160 valence electrons. The van der Waals surface area contributed by atoms with Crippen LogP contribution in [-0.4, -0.2) is 16.7 Å². The summed E-state index contributed by atoms with van der Waals surface area (Å²) >= 11 is 0. The molecule has 3 aromatic rings. The van der Waals surface area contributed by atoms with Crippen molar-refractivity contribution in [1.82, 2.24) is 0 Å². The monoisotopic (exact) mass is 424 g/mol. The summed E-state index contributed by atoms with van der Waals surface area (Å²) in [5, 5.41) is 17.2. The van der Waals surface area contributed by atoms with Crippen molar-refractivity contribution >= 4 is 39.6 Å². The highest BCUT2D eigenvalue weighted by molar-refractivity contribution is 6.13. The molecule has 2 aliphatic rings. The second-order valence-corrected chi connectivity index (χ2v) is 9.34. The van der Waals surface area contributed by atoms with Crippen LogP contribution in [0, 0.1) is 15.5 Å². The molecular formula is C27H24N2O3. The van der Waals surface area contributed by atoms with E-state index >= 15 is 0 Å². The molecule has 0 unspecified atom stereocenters. The number of hydrogen-bond acceptors (Lipinski definition) is 4. The molecule has 5 heteroatoms. The molecule has 0 fully saturated rings. The second-order valence-electron chi connectivity index (χ2n) is 9.34. The fourth-order valence-electron chi connectivity index (χ4n) is 5.01. The number of Topliss-reactive ketones (excluding diaryl/α,β-unsaturated/α-hetero) is 1. The second kappa shape index (κ2) is 7.45. The molecule has 1 aliphatic carbocycles. The van der Waals surface area contributed by atoms with E-state index in [-0.39, 0.29) is 27.9 Å². The summed E-state index contributed by atoms with van der Waals surface area (Å²) in [5.41, 5.74) is 4.43. The van der Waals surface area contributed by atoms with Crippen molar-refractivity contribution < 1.29 is 9.72 Å². The summed E-state index contributed by atoms with van der Waals surface area (Å²) in [6.45, 7) is 4.28. The number of allylic oxidation sites excluding steroid dienone is 1. The highest BCUT2D eigenvalue weighted by Gasteiger charge is 2.39. The van der Waals surface area contributed by atoms with Crippen LogP contribution in [-0.2, 0) is 4.79 Å². The first-order chi connectivity index (χ1) is 15.3. The number of nitrogens with one attached hydrogen (secondary N) is 1. The van der Waals surface area contributed by atoms with Gasteiger partial charge in [0.25, 0.3) is 5.69 Å². The fourth-order valence-corrected chi connectivity index (χ4v) is 5.01. The molecule has 3 aromatic carbocycles.